The highest BCUT2D eigenvalue weighted by atomic mass is 16.5. The van der Waals surface area contributed by atoms with Gasteiger partial charge in [0, 0.05) is 58.2 Å². The van der Waals surface area contributed by atoms with E-state index in [-0.39, 0.29) is 40.8 Å². The fourth-order valence-corrected chi connectivity index (χ4v) is 7.00. The molecule has 2 aromatic carbocycles. The molecule has 2 atom stereocenters. The first kappa shape index (κ1) is 26.7. The zero-order valence-electron chi connectivity index (χ0n) is 23.3. The van der Waals surface area contributed by atoms with Gasteiger partial charge < -0.3 is 19.7 Å². The number of hydrogen-bond donors (Lipinski definition) is 1. The molecule has 2 fully saturated rings. The topological polar surface area (TPSA) is 95.3 Å². The van der Waals surface area contributed by atoms with Crippen LogP contribution in [0.5, 0.6) is 5.75 Å². The maximum Gasteiger partial charge on any atom is 0.251 e. The van der Waals surface area contributed by atoms with E-state index in [0.29, 0.717) is 22.4 Å². The lowest BCUT2D eigenvalue weighted by atomic mass is 9.49. The average Bonchev–Trinajstić information content (AvgIpc) is 2.94. The van der Waals surface area contributed by atoms with E-state index in [1.54, 1.807) is 12.3 Å². The molecule has 39 heavy (non-hydrogen) atoms. The van der Waals surface area contributed by atoms with Crippen molar-refractivity contribution in [1.82, 2.24) is 10.3 Å². The third-order valence-electron chi connectivity index (χ3n) is 8.78. The average molecular weight is 525 g/mol. The lowest BCUT2D eigenvalue weighted by Crippen LogP contribution is -2.74. The van der Waals surface area contributed by atoms with Gasteiger partial charge >= 0.3 is 0 Å². The smallest absolute Gasteiger partial charge is 0.251 e. The number of benzene rings is 2. The number of hydrogen-bond acceptors (Lipinski definition) is 6. The van der Waals surface area contributed by atoms with E-state index in [1.807, 2.05) is 42.5 Å². The summed E-state index contributed by atoms with van der Waals surface area (Å²) in [5.74, 6) is 0.720. The summed E-state index contributed by atoms with van der Waals surface area (Å²) >= 11 is 0. The van der Waals surface area contributed by atoms with Crippen LogP contribution in [0, 0.1) is 28.1 Å². The highest BCUT2D eigenvalue weighted by Crippen LogP contribution is 2.56. The van der Waals surface area contributed by atoms with E-state index in [2.05, 4.69) is 55.9 Å². The van der Waals surface area contributed by atoms with Crippen molar-refractivity contribution in [2.45, 2.75) is 65.6 Å². The van der Waals surface area contributed by atoms with Gasteiger partial charge in [0.1, 0.15) is 24.2 Å². The highest BCUT2D eigenvalue weighted by Gasteiger charge is 2.64. The van der Waals surface area contributed by atoms with Crippen molar-refractivity contribution in [3.05, 3.63) is 65.9 Å². The van der Waals surface area contributed by atoms with Crippen LogP contribution in [-0.4, -0.2) is 41.9 Å². The highest BCUT2D eigenvalue weighted by molar-refractivity contribution is 5.95. The van der Waals surface area contributed by atoms with Crippen LogP contribution in [0.3, 0.4) is 0 Å². The summed E-state index contributed by atoms with van der Waals surface area (Å²) in [6.45, 7) is 11.5. The zero-order chi connectivity index (χ0) is 27.9. The van der Waals surface area contributed by atoms with Gasteiger partial charge in [-0.15, -0.1) is 0 Å². The largest absolute Gasteiger partial charge is 0.488 e. The molecule has 5 rings (SSSR count). The Kier molecular flexibility index (Phi) is 6.84. The molecule has 7 nitrogen and oxygen atoms in total. The summed E-state index contributed by atoms with van der Waals surface area (Å²) < 4.78 is 6.59. The first-order chi connectivity index (χ1) is 18.6. The van der Waals surface area contributed by atoms with Crippen LogP contribution in [0.4, 0.5) is 5.69 Å². The Bertz CT molecular complexity index is 1420. The molecule has 1 saturated heterocycles. The van der Waals surface area contributed by atoms with Gasteiger partial charge in [-0.2, -0.15) is 5.26 Å². The van der Waals surface area contributed by atoms with Crippen molar-refractivity contribution in [2.24, 2.45) is 16.7 Å². The Morgan fingerprint density at radius 1 is 1.13 bits per heavy atom. The second kappa shape index (κ2) is 10.00. The number of amides is 1. The zero-order valence-corrected chi connectivity index (χ0v) is 23.3. The van der Waals surface area contributed by atoms with Gasteiger partial charge in [0.2, 0.25) is 0 Å². The molecule has 2 aliphatic rings. The number of carbonyl (C=O) groups is 2. The Morgan fingerprint density at radius 2 is 1.85 bits per heavy atom. The Labute approximate surface area is 230 Å². The van der Waals surface area contributed by atoms with E-state index in [0.717, 1.165) is 36.7 Å². The maximum absolute atomic E-state index is 13.3. The van der Waals surface area contributed by atoms with Crippen molar-refractivity contribution in [3.63, 3.8) is 0 Å². The molecule has 0 spiro atoms. The fourth-order valence-electron chi connectivity index (χ4n) is 7.00. The van der Waals surface area contributed by atoms with Gasteiger partial charge in [-0.25, -0.2) is 0 Å². The molecule has 1 aromatic heterocycles. The number of aldehydes is 1. The number of nitrogens with zero attached hydrogens (tertiary/aromatic N) is 3. The SMILES string of the molecule is C[C@@H]1C[C@H](C=O)CCN1c1ccc(C(=O)NC2C(C)(C)C(Oc3ccc(C#N)c4ncccc34)C2(C)C)cc1. The van der Waals surface area contributed by atoms with Crippen LogP contribution in [-0.2, 0) is 4.79 Å². The van der Waals surface area contributed by atoms with Gasteiger partial charge in [-0.1, -0.05) is 27.7 Å². The van der Waals surface area contributed by atoms with Crippen LogP contribution in [0.2, 0.25) is 0 Å². The standard InChI is InChI=1S/C32H36N4O3/c1-20-17-21(19-37)14-16-36(20)24-11-8-22(9-12-24)28(38)35-29-31(2,3)30(32(29,4)5)39-26-13-10-23(18-33)27-25(26)7-6-15-34-27/h6-13,15,19-21,29-30H,14,16-17H2,1-5H3,(H,35,38)/t20-,21-,29?,30?/m1/s1. The van der Waals surface area contributed by atoms with Gasteiger partial charge in [-0.3, -0.25) is 9.78 Å². The fraction of sp³-hybridized carbons (Fsp3) is 0.438. The predicted molar refractivity (Wildman–Crippen MR) is 152 cm³/mol. The minimum Gasteiger partial charge on any atom is -0.488 e. The van der Waals surface area contributed by atoms with Crippen molar-refractivity contribution in [1.29, 1.82) is 5.26 Å². The molecule has 0 bridgehead atoms. The first-order valence-corrected chi connectivity index (χ1v) is 13.6. The van der Waals surface area contributed by atoms with Gasteiger partial charge in [-0.05, 0) is 68.3 Å². The molecular weight excluding hydrogens is 488 g/mol. The maximum atomic E-state index is 13.3. The Hall–Kier alpha value is -3.92. The third kappa shape index (κ3) is 4.63. The summed E-state index contributed by atoms with van der Waals surface area (Å²) in [6, 6.07) is 17.5. The monoisotopic (exact) mass is 524 g/mol. The number of rotatable bonds is 6. The van der Waals surface area contributed by atoms with Crippen LogP contribution in [0.15, 0.2) is 54.7 Å². The normalized spacial score (nSPS) is 25.3. The number of fused-ring (bicyclic) bond motifs is 1. The molecule has 1 amide bonds. The van der Waals surface area contributed by atoms with Gasteiger partial charge in [0.15, 0.2) is 0 Å². The number of nitriles is 1. The van der Waals surface area contributed by atoms with Crippen molar-refractivity contribution in [3.8, 4) is 11.8 Å². The molecular formula is C32H36N4O3. The van der Waals surface area contributed by atoms with Crippen LogP contribution in [0.25, 0.3) is 10.9 Å². The van der Waals surface area contributed by atoms with E-state index in [1.165, 1.54) is 0 Å². The lowest BCUT2D eigenvalue weighted by Gasteiger charge is -2.63. The number of pyridine rings is 1. The minimum atomic E-state index is -0.333. The first-order valence-electron chi connectivity index (χ1n) is 13.6. The molecule has 1 saturated carbocycles. The van der Waals surface area contributed by atoms with Crippen molar-refractivity contribution >= 4 is 28.8 Å². The summed E-state index contributed by atoms with van der Waals surface area (Å²) in [7, 11) is 0. The number of piperidine rings is 1. The summed E-state index contributed by atoms with van der Waals surface area (Å²) in [5.41, 5.74) is 2.17. The second-order valence-electron chi connectivity index (χ2n) is 12.2. The van der Waals surface area contributed by atoms with Crippen LogP contribution >= 0.6 is 0 Å². The van der Waals surface area contributed by atoms with E-state index >= 15 is 0 Å². The van der Waals surface area contributed by atoms with Crippen molar-refractivity contribution < 1.29 is 14.3 Å². The third-order valence-corrected chi connectivity index (χ3v) is 8.78. The molecule has 1 aliphatic heterocycles. The number of ether oxygens (including phenoxy) is 1. The van der Waals surface area contributed by atoms with E-state index < -0.39 is 0 Å². The van der Waals surface area contributed by atoms with Gasteiger partial charge in [0.05, 0.1) is 11.1 Å². The van der Waals surface area contributed by atoms with E-state index in [4.69, 9.17) is 4.74 Å². The van der Waals surface area contributed by atoms with Crippen molar-refractivity contribution in [2.75, 3.05) is 11.4 Å². The molecule has 1 N–H and O–H groups in total. The van der Waals surface area contributed by atoms with E-state index in [9.17, 15) is 14.9 Å². The number of carbonyl (C=O) groups excluding carboxylic acids is 2. The predicted octanol–water partition coefficient (Wildman–Crippen LogP) is 5.52. The van der Waals surface area contributed by atoms with Crippen LogP contribution < -0.4 is 15.0 Å². The molecule has 0 unspecified atom stereocenters. The molecule has 1 aliphatic carbocycles. The molecule has 3 aromatic rings. The summed E-state index contributed by atoms with van der Waals surface area (Å²) in [6.07, 6.45) is 4.31. The van der Waals surface area contributed by atoms with Gasteiger partial charge in [0.25, 0.3) is 5.91 Å². The molecule has 2 heterocycles. The summed E-state index contributed by atoms with van der Waals surface area (Å²) in [5, 5.41) is 13.6. The second-order valence-corrected chi connectivity index (χ2v) is 12.2. The minimum absolute atomic E-state index is 0.104. The molecule has 202 valence electrons. The quantitative estimate of drug-likeness (QED) is 0.427. The molecule has 0 radical (unpaired) electrons. The Balaban J connectivity index is 1.29. The number of nitrogens with one attached hydrogen (secondary N) is 1. The molecule has 7 heteroatoms. The number of anilines is 1. The number of aromatic nitrogens is 1. The lowest BCUT2D eigenvalue weighted by molar-refractivity contribution is -0.163. The summed E-state index contributed by atoms with van der Waals surface area (Å²) in [4.78, 5) is 31.2. The van der Waals surface area contributed by atoms with Crippen LogP contribution in [0.1, 0.15) is 63.4 Å². The Morgan fingerprint density at radius 3 is 2.49 bits per heavy atom.